The van der Waals surface area contributed by atoms with Gasteiger partial charge in [0.25, 0.3) is 0 Å². The summed E-state index contributed by atoms with van der Waals surface area (Å²) >= 11 is 0. The molecule has 0 aromatic rings. The van der Waals surface area contributed by atoms with Crippen LogP contribution in [0.2, 0.25) is 0 Å². The number of hydrogen-bond donors (Lipinski definition) is 2. The van der Waals surface area contributed by atoms with Crippen LogP contribution in [-0.4, -0.2) is 41.1 Å². The Morgan fingerprint density at radius 2 is 1.80 bits per heavy atom. The summed E-state index contributed by atoms with van der Waals surface area (Å²) in [5, 5.41) is 26.3. The van der Waals surface area contributed by atoms with E-state index in [0.29, 0.717) is 0 Å². The number of aliphatic hydroxyl groups is 2. The van der Waals surface area contributed by atoms with Crippen LogP contribution in [0, 0.1) is 0 Å². The smallest absolute Gasteiger partial charge is 0.549 e. The maximum atomic E-state index is 9.75. The third kappa shape index (κ3) is 6.47. The van der Waals surface area contributed by atoms with Crippen LogP contribution in [0.1, 0.15) is 0 Å². The van der Waals surface area contributed by atoms with Gasteiger partial charge < -0.3 is 20.1 Å². The number of carboxylic acids is 1. The van der Waals surface area contributed by atoms with Crippen LogP contribution in [0.5, 0.6) is 0 Å². The second kappa shape index (κ2) is 7.46. The SMILES string of the molecule is O=C([O-])CN(CO)CO.[Na+]. The zero-order valence-corrected chi connectivity index (χ0v) is 7.78. The van der Waals surface area contributed by atoms with Crippen molar-refractivity contribution < 1.29 is 49.7 Å². The standard InChI is InChI=1S/C4H9NO4.Na/c6-2-5(3-7)1-4(8)9;/h6-7H,1-3H2,(H,8,9);/q;+1/p-1. The Labute approximate surface area is 80.6 Å². The van der Waals surface area contributed by atoms with Crippen LogP contribution < -0.4 is 34.7 Å². The van der Waals surface area contributed by atoms with Gasteiger partial charge in [0.15, 0.2) is 0 Å². The zero-order valence-electron chi connectivity index (χ0n) is 5.78. The van der Waals surface area contributed by atoms with Crippen molar-refractivity contribution in [2.45, 2.75) is 0 Å². The Morgan fingerprint density at radius 3 is 1.90 bits per heavy atom. The molecule has 2 N–H and O–H groups in total. The average Bonchev–Trinajstić information content (AvgIpc) is 1.82. The van der Waals surface area contributed by atoms with E-state index in [4.69, 9.17) is 10.2 Å². The van der Waals surface area contributed by atoms with Crippen molar-refractivity contribution in [3.8, 4) is 0 Å². The van der Waals surface area contributed by atoms with Crippen molar-refractivity contribution in [2.75, 3.05) is 20.0 Å². The normalized spacial score (nSPS) is 9.10. The molecule has 0 atom stereocenters. The molecule has 0 spiro atoms. The molecule has 0 radical (unpaired) electrons. The largest absolute Gasteiger partial charge is 1.00 e. The van der Waals surface area contributed by atoms with Crippen molar-refractivity contribution in [1.82, 2.24) is 4.90 Å². The molecule has 0 aromatic heterocycles. The first-order valence-corrected chi connectivity index (χ1v) is 2.34. The molecule has 0 amide bonds. The number of aliphatic carboxylic acids is 1. The number of rotatable bonds is 4. The molecule has 0 unspecified atom stereocenters. The predicted octanol–water partition coefficient (Wildman–Crippen LogP) is -6.06. The monoisotopic (exact) mass is 157 g/mol. The molecule has 0 saturated carbocycles. The fourth-order valence-corrected chi connectivity index (χ4v) is 0.327. The molecule has 10 heavy (non-hydrogen) atoms. The summed E-state index contributed by atoms with van der Waals surface area (Å²) in [6.45, 7) is -1.41. The summed E-state index contributed by atoms with van der Waals surface area (Å²) in [7, 11) is 0. The van der Waals surface area contributed by atoms with E-state index in [1.807, 2.05) is 0 Å². The van der Waals surface area contributed by atoms with Gasteiger partial charge in [-0.1, -0.05) is 0 Å². The van der Waals surface area contributed by atoms with E-state index in [1.165, 1.54) is 0 Å². The summed E-state index contributed by atoms with van der Waals surface area (Å²) in [6, 6.07) is 0. The Hall–Kier alpha value is 0.350. The number of aliphatic hydroxyl groups excluding tert-OH is 2. The number of carbonyl (C=O) groups is 1. The molecule has 0 aromatic carbocycles. The van der Waals surface area contributed by atoms with Crippen LogP contribution in [0.25, 0.3) is 0 Å². The van der Waals surface area contributed by atoms with Crippen molar-refractivity contribution in [3.63, 3.8) is 0 Å². The van der Waals surface area contributed by atoms with E-state index in [9.17, 15) is 9.90 Å². The molecule has 5 nitrogen and oxygen atoms in total. The molecule has 6 heteroatoms. The first-order chi connectivity index (χ1) is 4.20. The van der Waals surface area contributed by atoms with E-state index in [1.54, 1.807) is 0 Å². The van der Waals surface area contributed by atoms with Crippen molar-refractivity contribution in [2.24, 2.45) is 0 Å². The van der Waals surface area contributed by atoms with Crippen molar-refractivity contribution in [3.05, 3.63) is 0 Å². The van der Waals surface area contributed by atoms with E-state index in [2.05, 4.69) is 0 Å². The summed E-state index contributed by atoms with van der Waals surface area (Å²) in [6.07, 6.45) is 0. The minimum absolute atomic E-state index is 0. The third-order valence-corrected chi connectivity index (χ3v) is 0.753. The van der Waals surface area contributed by atoms with E-state index in [-0.39, 0.29) is 29.6 Å². The van der Waals surface area contributed by atoms with Gasteiger partial charge in [0.1, 0.15) is 0 Å². The molecule has 0 aliphatic rings. The summed E-state index contributed by atoms with van der Waals surface area (Å²) in [4.78, 5) is 10.7. The molecule has 0 heterocycles. The van der Waals surface area contributed by atoms with Crippen LogP contribution in [-0.2, 0) is 4.79 Å². The maximum Gasteiger partial charge on any atom is 1.00 e. The van der Waals surface area contributed by atoms with Gasteiger partial charge in [-0.05, 0) is 0 Å². The van der Waals surface area contributed by atoms with Gasteiger partial charge in [-0.15, -0.1) is 0 Å². The number of carboxylic acid groups (broad SMARTS) is 1. The van der Waals surface area contributed by atoms with Crippen LogP contribution in [0.4, 0.5) is 0 Å². The van der Waals surface area contributed by atoms with E-state index in [0.717, 1.165) is 4.90 Å². The van der Waals surface area contributed by atoms with Gasteiger partial charge in [-0.3, -0.25) is 4.90 Å². The van der Waals surface area contributed by atoms with Gasteiger partial charge in [-0.2, -0.15) is 0 Å². The van der Waals surface area contributed by atoms with Crippen molar-refractivity contribution in [1.29, 1.82) is 0 Å². The quantitative estimate of drug-likeness (QED) is 0.313. The van der Waals surface area contributed by atoms with Gasteiger partial charge in [0, 0.05) is 6.54 Å². The number of hydrogen-bond acceptors (Lipinski definition) is 5. The average molecular weight is 157 g/mol. The minimum Gasteiger partial charge on any atom is -0.549 e. The second-order valence-corrected chi connectivity index (χ2v) is 1.48. The van der Waals surface area contributed by atoms with Crippen molar-refractivity contribution >= 4 is 5.97 Å². The van der Waals surface area contributed by atoms with E-state index >= 15 is 0 Å². The molecule has 54 valence electrons. The van der Waals surface area contributed by atoms with Gasteiger partial charge in [0.05, 0.1) is 19.4 Å². The molecule has 0 bridgehead atoms. The molecule has 0 fully saturated rings. The van der Waals surface area contributed by atoms with Gasteiger partial charge in [-0.25, -0.2) is 0 Å². The number of carbonyl (C=O) groups excluding carboxylic acids is 1. The minimum atomic E-state index is -1.32. The Kier molecular flexibility index (Phi) is 9.68. The second-order valence-electron chi connectivity index (χ2n) is 1.48. The fourth-order valence-electron chi connectivity index (χ4n) is 0.327. The molecule has 0 rings (SSSR count). The fraction of sp³-hybridized carbons (Fsp3) is 0.750. The number of nitrogens with zero attached hydrogens (tertiary/aromatic N) is 1. The molecular weight excluding hydrogens is 149 g/mol. The Bertz CT molecular complexity index is 95.3. The first kappa shape index (κ1) is 13.0. The Morgan fingerprint density at radius 1 is 1.40 bits per heavy atom. The van der Waals surface area contributed by atoms with Gasteiger partial charge in [0.2, 0.25) is 0 Å². The molecule has 0 aliphatic carbocycles. The third-order valence-electron chi connectivity index (χ3n) is 0.753. The summed E-state index contributed by atoms with van der Waals surface area (Å²) in [5.74, 6) is -1.32. The van der Waals surface area contributed by atoms with Crippen LogP contribution >= 0.6 is 0 Å². The first-order valence-electron chi connectivity index (χ1n) is 2.34. The summed E-state index contributed by atoms with van der Waals surface area (Å²) < 4.78 is 0. The molecule has 0 aliphatic heterocycles. The molecule has 0 saturated heterocycles. The van der Waals surface area contributed by atoms with Crippen LogP contribution in [0.15, 0.2) is 0 Å². The molecular formula is C4H8NNaO4. The van der Waals surface area contributed by atoms with E-state index < -0.39 is 26.0 Å². The van der Waals surface area contributed by atoms with Crippen LogP contribution in [0.3, 0.4) is 0 Å². The maximum absolute atomic E-state index is 9.75. The zero-order chi connectivity index (χ0) is 7.28. The summed E-state index contributed by atoms with van der Waals surface area (Å²) in [5.41, 5.74) is 0. The Balaban J connectivity index is 0. The van der Waals surface area contributed by atoms with Gasteiger partial charge >= 0.3 is 29.6 Å². The topological polar surface area (TPSA) is 83.8 Å². The predicted molar refractivity (Wildman–Crippen MR) is 25.9 cm³/mol.